The number of nitrogens with one attached hydrogen (secondary N) is 1. The van der Waals surface area contributed by atoms with Crippen molar-refractivity contribution >= 4 is 11.6 Å². The predicted molar refractivity (Wildman–Crippen MR) is 81.1 cm³/mol. The van der Waals surface area contributed by atoms with E-state index in [9.17, 15) is 4.79 Å². The first kappa shape index (κ1) is 14.8. The van der Waals surface area contributed by atoms with Gasteiger partial charge in [-0.15, -0.1) is 0 Å². The van der Waals surface area contributed by atoms with Crippen molar-refractivity contribution in [1.82, 2.24) is 4.98 Å². The molecule has 0 atom stereocenters. The number of ether oxygens (including phenoxy) is 2. The standard InChI is InChI=1S/C16H18N2O3/c1-4-11-9-14(20-2)15(21-3)10-13(11)16(19)18-12-5-7-17-8-6-12/h5-10H,4H2,1-3H3,(H,17,18,19). The fourth-order valence-corrected chi connectivity index (χ4v) is 2.06. The molecule has 2 rings (SSSR count). The van der Waals surface area contributed by atoms with E-state index in [0.717, 1.165) is 12.0 Å². The Morgan fingerprint density at radius 3 is 2.33 bits per heavy atom. The first-order valence-electron chi connectivity index (χ1n) is 6.65. The molecule has 0 bridgehead atoms. The van der Waals surface area contributed by atoms with Crippen molar-refractivity contribution in [2.24, 2.45) is 0 Å². The van der Waals surface area contributed by atoms with Crippen LogP contribution in [0.2, 0.25) is 0 Å². The van der Waals surface area contributed by atoms with E-state index < -0.39 is 0 Å². The number of hydrogen-bond acceptors (Lipinski definition) is 4. The fourth-order valence-electron chi connectivity index (χ4n) is 2.06. The molecule has 1 aromatic carbocycles. The third-order valence-electron chi connectivity index (χ3n) is 3.17. The molecule has 0 spiro atoms. The third kappa shape index (κ3) is 3.31. The summed E-state index contributed by atoms with van der Waals surface area (Å²) in [6, 6.07) is 7.02. The Morgan fingerprint density at radius 2 is 1.76 bits per heavy atom. The van der Waals surface area contributed by atoms with Crippen molar-refractivity contribution in [1.29, 1.82) is 0 Å². The number of nitrogens with zero attached hydrogens (tertiary/aromatic N) is 1. The van der Waals surface area contributed by atoms with Crippen LogP contribution in [0.15, 0.2) is 36.7 Å². The second-order valence-electron chi connectivity index (χ2n) is 4.41. The highest BCUT2D eigenvalue weighted by atomic mass is 16.5. The van der Waals surface area contributed by atoms with E-state index in [1.54, 1.807) is 44.8 Å². The minimum Gasteiger partial charge on any atom is -0.493 e. The maximum Gasteiger partial charge on any atom is 0.256 e. The first-order valence-corrected chi connectivity index (χ1v) is 6.65. The average molecular weight is 286 g/mol. The molecule has 0 aliphatic carbocycles. The molecule has 0 radical (unpaired) electrons. The SMILES string of the molecule is CCc1cc(OC)c(OC)cc1C(=O)Nc1ccncc1. The molecule has 0 saturated carbocycles. The van der Waals surface area contributed by atoms with Crippen LogP contribution in [-0.2, 0) is 6.42 Å². The Morgan fingerprint density at radius 1 is 1.14 bits per heavy atom. The molecule has 0 fully saturated rings. The lowest BCUT2D eigenvalue weighted by atomic mass is 10.0. The van der Waals surface area contributed by atoms with Gasteiger partial charge in [0.05, 0.1) is 14.2 Å². The minimum atomic E-state index is -0.181. The van der Waals surface area contributed by atoms with E-state index in [1.165, 1.54) is 0 Å². The van der Waals surface area contributed by atoms with Crippen molar-refractivity contribution in [3.63, 3.8) is 0 Å². The van der Waals surface area contributed by atoms with Crippen LogP contribution in [0.25, 0.3) is 0 Å². The molecule has 5 heteroatoms. The molecule has 0 saturated heterocycles. The molecule has 0 aliphatic rings. The largest absolute Gasteiger partial charge is 0.493 e. The second kappa shape index (κ2) is 6.74. The highest BCUT2D eigenvalue weighted by Gasteiger charge is 2.16. The van der Waals surface area contributed by atoms with Gasteiger partial charge in [-0.1, -0.05) is 6.92 Å². The number of amides is 1. The Balaban J connectivity index is 2.35. The molecule has 2 aromatic rings. The molecular weight excluding hydrogens is 268 g/mol. The molecule has 1 heterocycles. The van der Waals surface area contributed by atoms with Gasteiger partial charge >= 0.3 is 0 Å². The highest BCUT2D eigenvalue weighted by molar-refractivity contribution is 6.05. The van der Waals surface area contributed by atoms with E-state index in [0.29, 0.717) is 22.7 Å². The molecule has 21 heavy (non-hydrogen) atoms. The van der Waals surface area contributed by atoms with Crippen LogP contribution in [-0.4, -0.2) is 25.1 Å². The molecule has 1 amide bonds. The predicted octanol–water partition coefficient (Wildman–Crippen LogP) is 2.91. The van der Waals surface area contributed by atoms with E-state index in [-0.39, 0.29) is 5.91 Å². The van der Waals surface area contributed by atoms with Gasteiger partial charge in [-0.25, -0.2) is 0 Å². The van der Waals surface area contributed by atoms with Gasteiger partial charge in [0.25, 0.3) is 5.91 Å². The summed E-state index contributed by atoms with van der Waals surface area (Å²) in [5.74, 6) is 0.975. The number of hydrogen-bond donors (Lipinski definition) is 1. The minimum absolute atomic E-state index is 0.181. The van der Waals surface area contributed by atoms with Gasteiger partial charge in [0.1, 0.15) is 0 Å². The maximum atomic E-state index is 12.4. The van der Waals surface area contributed by atoms with Crippen molar-refractivity contribution in [2.75, 3.05) is 19.5 Å². The summed E-state index contributed by atoms with van der Waals surface area (Å²) in [4.78, 5) is 16.4. The van der Waals surface area contributed by atoms with Crippen LogP contribution >= 0.6 is 0 Å². The third-order valence-corrected chi connectivity index (χ3v) is 3.17. The zero-order valence-corrected chi connectivity index (χ0v) is 12.3. The quantitative estimate of drug-likeness (QED) is 0.918. The van der Waals surface area contributed by atoms with Crippen LogP contribution in [0, 0.1) is 0 Å². The van der Waals surface area contributed by atoms with Gasteiger partial charge in [-0.05, 0) is 36.2 Å². The molecular formula is C16H18N2O3. The summed E-state index contributed by atoms with van der Waals surface area (Å²) in [5, 5.41) is 2.85. The average Bonchev–Trinajstić information content (AvgIpc) is 2.54. The number of methoxy groups -OCH3 is 2. The number of anilines is 1. The van der Waals surface area contributed by atoms with Gasteiger partial charge in [0.2, 0.25) is 0 Å². The second-order valence-corrected chi connectivity index (χ2v) is 4.41. The van der Waals surface area contributed by atoms with Crippen molar-refractivity contribution in [2.45, 2.75) is 13.3 Å². The maximum absolute atomic E-state index is 12.4. The first-order chi connectivity index (χ1) is 10.2. The lowest BCUT2D eigenvalue weighted by molar-refractivity contribution is 0.102. The zero-order valence-electron chi connectivity index (χ0n) is 12.3. The van der Waals surface area contributed by atoms with Crippen LogP contribution in [0.1, 0.15) is 22.8 Å². The molecule has 0 aliphatic heterocycles. The van der Waals surface area contributed by atoms with E-state index >= 15 is 0 Å². The monoisotopic (exact) mass is 286 g/mol. The number of rotatable bonds is 5. The van der Waals surface area contributed by atoms with Crippen LogP contribution in [0.4, 0.5) is 5.69 Å². The molecule has 5 nitrogen and oxygen atoms in total. The number of carbonyl (C=O) groups is 1. The fraction of sp³-hybridized carbons (Fsp3) is 0.250. The topological polar surface area (TPSA) is 60.5 Å². The van der Waals surface area contributed by atoms with E-state index in [1.807, 2.05) is 13.0 Å². The van der Waals surface area contributed by atoms with Crippen molar-refractivity contribution in [3.05, 3.63) is 47.8 Å². The van der Waals surface area contributed by atoms with E-state index in [4.69, 9.17) is 9.47 Å². The summed E-state index contributed by atoms with van der Waals surface area (Å²) in [5.41, 5.74) is 2.18. The van der Waals surface area contributed by atoms with Gasteiger partial charge in [-0.2, -0.15) is 0 Å². The zero-order chi connectivity index (χ0) is 15.2. The normalized spacial score (nSPS) is 10.0. The van der Waals surface area contributed by atoms with Crippen molar-refractivity contribution in [3.8, 4) is 11.5 Å². The summed E-state index contributed by atoms with van der Waals surface area (Å²) in [6.45, 7) is 1.99. The van der Waals surface area contributed by atoms with Crippen molar-refractivity contribution < 1.29 is 14.3 Å². The molecule has 0 unspecified atom stereocenters. The van der Waals surface area contributed by atoms with Crippen LogP contribution < -0.4 is 14.8 Å². The molecule has 1 aromatic heterocycles. The number of pyridine rings is 1. The number of aromatic nitrogens is 1. The highest BCUT2D eigenvalue weighted by Crippen LogP contribution is 2.31. The number of aryl methyl sites for hydroxylation is 1. The summed E-state index contributed by atoms with van der Waals surface area (Å²) >= 11 is 0. The lowest BCUT2D eigenvalue weighted by Gasteiger charge is -2.14. The Labute approximate surface area is 123 Å². The smallest absolute Gasteiger partial charge is 0.256 e. The van der Waals surface area contributed by atoms with Gasteiger partial charge in [0.15, 0.2) is 11.5 Å². The molecule has 1 N–H and O–H groups in total. The Kier molecular flexibility index (Phi) is 4.77. The molecule has 110 valence electrons. The van der Waals surface area contributed by atoms with Gasteiger partial charge < -0.3 is 14.8 Å². The Hall–Kier alpha value is -2.56. The van der Waals surface area contributed by atoms with E-state index in [2.05, 4.69) is 10.3 Å². The lowest BCUT2D eigenvalue weighted by Crippen LogP contribution is -2.14. The summed E-state index contributed by atoms with van der Waals surface area (Å²) < 4.78 is 10.5. The van der Waals surface area contributed by atoms with Crippen LogP contribution in [0.3, 0.4) is 0 Å². The number of carbonyl (C=O) groups excluding carboxylic acids is 1. The Bertz CT molecular complexity index is 627. The number of benzene rings is 1. The summed E-state index contributed by atoms with van der Waals surface area (Å²) in [6.07, 6.45) is 3.98. The van der Waals surface area contributed by atoms with Crippen LogP contribution in [0.5, 0.6) is 11.5 Å². The van der Waals surface area contributed by atoms with Gasteiger partial charge in [-0.3, -0.25) is 9.78 Å². The summed E-state index contributed by atoms with van der Waals surface area (Å²) in [7, 11) is 3.13. The van der Waals surface area contributed by atoms with Gasteiger partial charge in [0, 0.05) is 23.6 Å².